The predicted octanol–water partition coefficient (Wildman–Crippen LogP) is 3.10. The molecule has 4 rings (SSSR count). The van der Waals surface area contributed by atoms with Crippen LogP contribution >= 0.6 is 11.6 Å². The van der Waals surface area contributed by atoms with Crippen LogP contribution in [-0.4, -0.2) is 43.7 Å². The number of piperidine rings is 1. The summed E-state index contributed by atoms with van der Waals surface area (Å²) in [4.78, 5) is 24.6. The quantitative estimate of drug-likeness (QED) is 0.724. The van der Waals surface area contributed by atoms with E-state index in [4.69, 9.17) is 16.3 Å². The summed E-state index contributed by atoms with van der Waals surface area (Å²) in [6.45, 7) is 2.02. The van der Waals surface area contributed by atoms with Gasteiger partial charge >= 0.3 is 0 Å². The molecule has 2 amide bonds. The molecule has 10 heteroatoms. The normalized spacial score (nSPS) is 21.5. The third-order valence-corrected chi connectivity index (χ3v) is 7.50. The summed E-state index contributed by atoms with van der Waals surface area (Å²) >= 11 is 5.87. The van der Waals surface area contributed by atoms with Crippen LogP contribution in [0.2, 0.25) is 5.02 Å². The molecule has 0 spiro atoms. The number of hydrogen-bond acceptors (Lipinski definition) is 5. The van der Waals surface area contributed by atoms with E-state index in [1.165, 1.54) is 22.5 Å². The van der Waals surface area contributed by atoms with Crippen LogP contribution in [0.15, 0.2) is 47.4 Å². The van der Waals surface area contributed by atoms with Crippen molar-refractivity contribution in [2.45, 2.75) is 30.8 Å². The SMILES string of the molecule is C[C@@H]1Oc2ccc(S(=O)(=O)N3CCC[C@H](C(=O)Nc4ccc(Cl)cc4)C3)cc2NC1=O. The van der Waals surface area contributed by atoms with Gasteiger partial charge in [0.1, 0.15) is 5.75 Å². The van der Waals surface area contributed by atoms with E-state index in [9.17, 15) is 18.0 Å². The Bertz CT molecular complexity index is 1120. The summed E-state index contributed by atoms with van der Waals surface area (Å²) in [7, 11) is -3.84. The van der Waals surface area contributed by atoms with Crippen LogP contribution in [0.25, 0.3) is 0 Å². The number of rotatable bonds is 4. The molecule has 1 fully saturated rings. The molecule has 31 heavy (non-hydrogen) atoms. The highest BCUT2D eigenvalue weighted by Crippen LogP contribution is 2.33. The van der Waals surface area contributed by atoms with Gasteiger partial charge in [0.25, 0.3) is 5.91 Å². The van der Waals surface area contributed by atoms with E-state index in [-0.39, 0.29) is 23.3 Å². The molecule has 2 aromatic rings. The zero-order valence-electron chi connectivity index (χ0n) is 16.8. The maximum atomic E-state index is 13.2. The van der Waals surface area contributed by atoms with E-state index < -0.39 is 22.0 Å². The average Bonchev–Trinajstić information content (AvgIpc) is 2.76. The number of hydrogen-bond donors (Lipinski definition) is 2. The van der Waals surface area contributed by atoms with Crippen LogP contribution < -0.4 is 15.4 Å². The van der Waals surface area contributed by atoms with Crippen molar-refractivity contribution in [1.29, 1.82) is 0 Å². The molecule has 2 aliphatic rings. The molecule has 0 bridgehead atoms. The van der Waals surface area contributed by atoms with E-state index in [0.717, 1.165) is 0 Å². The monoisotopic (exact) mass is 463 g/mol. The summed E-state index contributed by atoms with van der Waals surface area (Å²) in [5.74, 6) is -0.619. The highest BCUT2D eigenvalue weighted by molar-refractivity contribution is 7.89. The van der Waals surface area contributed by atoms with Crippen molar-refractivity contribution in [3.63, 3.8) is 0 Å². The summed E-state index contributed by atoms with van der Waals surface area (Å²) < 4.78 is 33.2. The summed E-state index contributed by atoms with van der Waals surface area (Å²) in [5, 5.41) is 6.04. The number of anilines is 2. The molecule has 0 saturated carbocycles. The van der Waals surface area contributed by atoms with E-state index in [1.54, 1.807) is 31.2 Å². The van der Waals surface area contributed by atoms with Gasteiger partial charge in [-0.2, -0.15) is 4.31 Å². The first-order chi connectivity index (χ1) is 14.7. The molecule has 2 aromatic carbocycles. The Balaban J connectivity index is 1.49. The van der Waals surface area contributed by atoms with Gasteiger partial charge in [-0.05, 0) is 62.2 Å². The first-order valence-electron chi connectivity index (χ1n) is 9.92. The Morgan fingerprint density at radius 2 is 1.97 bits per heavy atom. The number of sulfonamides is 1. The highest BCUT2D eigenvalue weighted by atomic mass is 35.5. The molecular weight excluding hydrogens is 442 g/mol. The number of nitrogens with one attached hydrogen (secondary N) is 2. The number of amides is 2. The van der Waals surface area contributed by atoms with E-state index in [0.29, 0.717) is 41.5 Å². The smallest absolute Gasteiger partial charge is 0.265 e. The number of fused-ring (bicyclic) bond motifs is 1. The van der Waals surface area contributed by atoms with Crippen LogP contribution in [0.4, 0.5) is 11.4 Å². The Morgan fingerprint density at radius 3 is 2.71 bits per heavy atom. The zero-order chi connectivity index (χ0) is 22.2. The van der Waals surface area contributed by atoms with Crippen molar-refractivity contribution in [1.82, 2.24) is 4.31 Å². The topological polar surface area (TPSA) is 105 Å². The lowest BCUT2D eigenvalue weighted by Gasteiger charge is -2.31. The molecule has 8 nitrogen and oxygen atoms in total. The molecule has 2 N–H and O–H groups in total. The minimum atomic E-state index is -3.84. The molecule has 1 saturated heterocycles. The first kappa shape index (κ1) is 21.6. The van der Waals surface area contributed by atoms with Gasteiger partial charge in [-0.3, -0.25) is 9.59 Å². The van der Waals surface area contributed by atoms with E-state index in [1.807, 2.05) is 0 Å². The summed E-state index contributed by atoms with van der Waals surface area (Å²) in [6, 6.07) is 11.1. The number of benzene rings is 2. The second-order valence-corrected chi connectivity index (χ2v) is 9.98. The van der Waals surface area contributed by atoms with Crippen LogP contribution in [-0.2, 0) is 19.6 Å². The van der Waals surface area contributed by atoms with Gasteiger partial charge in [-0.15, -0.1) is 0 Å². The molecule has 164 valence electrons. The maximum absolute atomic E-state index is 13.2. The third kappa shape index (κ3) is 4.53. The number of nitrogens with zero attached hydrogens (tertiary/aromatic N) is 1. The second-order valence-electron chi connectivity index (χ2n) is 7.61. The van der Waals surface area contributed by atoms with Crippen LogP contribution in [0.1, 0.15) is 19.8 Å². The van der Waals surface area contributed by atoms with Crippen molar-refractivity contribution in [3.05, 3.63) is 47.5 Å². The van der Waals surface area contributed by atoms with Gasteiger partial charge in [0.15, 0.2) is 6.10 Å². The van der Waals surface area contributed by atoms with Gasteiger partial charge in [0.2, 0.25) is 15.9 Å². The average molecular weight is 464 g/mol. The Kier molecular flexibility index (Phi) is 5.92. The molecule has 2 aliphatic heterocycles. The van der Waals surface area contributed by atoms with Crippen molar-refractivity contribution in [2.24, 2.45) is 5.92 Å². The van der Waals surface area contributed by atoms with Crippen molar-refractivity contribution >= 4 is 44.8 Å². The van der Waals surface area contributed by atoms with Crippen LogP contribution in [0.5, 0.6) is 5.75 Å². The van der Waals surface area contributed by atoms with Crippen molar-refractivity contribution in [2.75, 3.05) is 23.7 Å². The standard InChI is InChI=1S/C21H22ClN3O5S/c1-13-20(26)24-18-11-17(8-9-19(18)30-13)31(28,29)25-10-2-3-14(12-25)21(27)23-16-6-4-15(22)5-7-16/h4-9,11,13-14H,2-3,10,12H2,1H3,(H,23,27)(H,24,26)/t13-,14-/m0/s1. The summed E-state index contributed by atoms with van der Waals surface area (Å²) in [5.41, 5.74) is 0.923. The minimum absolute atomic E-state index is 0.0449. The lowest BCUT2D eigenvalue weighted by Crippen LogP contribution is -2.43. The Hall–Kier alpha value is -2.62. The fraction of sp³-hybridized carbons (Fsp3) is 0.333. The van der Waals surface area contributed by atoms with Crippen molar-refractivity contribution in [3.8, 4) is 5.75 Å². The fourth-order valence-corrected chi connectivity index (χ4v) is 5.33. The molecule has 0 aliphatic carbocycles. The number of carbonyl (C=O) groups excluding carboxylic acids is 2. The fourth-order valence-electron chi connectivity index (χ4n) is 3.65. The molecule has 2 heterocycles. The third-order valence-electron chi connectivity index (χ3n) is 5.39. The Morgan fingerprint density at radius 1 is 1.23 bits per heavy atom. The molecule has 0 aromatic heterocycles. The molecule has 0 radical (unpaired) electrons. The van der Waals surface area contributed by atoms with Gasteiger partial charge < -0.3 is 15.4 Å². The zero-order valence-corrected chi connectivity index (χ0v) is 18.4. The second kappa shape index (κ2) is 8.49. The predicted molar refractivity (Wildman–Crippen MR) is 117 cm³/mol. The molecular formula is C21H22ClN3O5S. The van der Waals surface area contributed by atoms with Crippen LogP contribution in [0, 0.1) is 5.92 Å². The van der Waals surface area contributed by atoms with E-state index in [2.05, 4.69) is 10.6 Å². The maximum Gasteiger partial charge on any atom is 0.265 e. The number of ether oxygens (including phenoxy) is 1. The molecule has 0 unspecified atom stereocenters. The van der Waals surface area contributed by atoms with Crippen LogP contribution in [0.3, 0.4) is 0 Å². The van der Waals surface area contributed by atoms with Gasteiger partial charge in [-0.25, -0.2) is 8.42 Å². The number of carbonyl (C=O) groups is 2. The van der Waals surface area contributed by atoms with Gasteiger partial charge in [-0.1, -0.05) is 11.6 Å². The summed E-state index contributed by atoms with van der Waals surface area (Å²) in [6.07, 6.45) is 0.523. The first-order valence-corrected chi connectivity index (χ1v) is 11.7. The lowest BCUT2D eigenvalue weighted by molar-refractivity contribution is -0.123. The van der Waals surface area contributed by atoms with Crippen molar-refractivity contribution < 1.29 is 22.7 Å². The largest absolute Gasteiger partial charge is 0.479 e. The number of halogens is 1. The lowest BCUT2D eigenvalue weighted by atomic mass is 9.99. The molecule has 2 atom stereocenters. The minimum Gasteiger partial charge on any atom is -0.479 e. The highest BCUT2D eigenvalue weighted by Gasteiger charge is 2.34. The van der Waals surface area contributed by atoms with E-state index >= 15 is 0 Å². The van der Waals surface area contributed by atoms with Gasteiger partial charge in [0.05, 0.1) is 16.5 Å². The Labute approximate surface area is 185 Å². The van der Waals surface area contributed by atoms with Gasteiger partial charge in [0, 0.05) is 23.8 Å².